The molecule has 0 spiro atoms. The fourth-order valence-electron chi connectivity index (χ4n) is 2.27. The van der Waals surface area contributed by atoms with Crippen LogP contribution in [0.15, 0.2) is 6.07 Å². The monoisotopic (exact) mass is 267 g/mol. The summed E-state index contributed by atoms with van der Waals surface area (Å²) in [6.45, 7) is 4.21. The highest BCUT2D eigenvalue weighted by molar-refractivity contribution is 7.14. The third-order valence-electron chi connectivity index (χ3n) is 3.86. The highest BCUT2D eigenvalue weighted by Crippen LogP contribution is 2.30. The third-order valence-corrected chi connectivity index (χ3v) is 5.10. The quantitative estimate of drug-likeness (QED) is 0.861. The lowest BCUT2D eigenvalue weighted by molar-refractivity contribution is 0.0314. The molecule has 0 saturated carbocycles. The first-order chi connectivity index (χ1) is 8.58. The maximum absolute atomic E-state index is 12.0. The molecule has 0 fully saturated rings. The molecule has 2 N–H and O–H groups in total. The summed E-state index contributed by atoms with van der Waals surface area (Å²) in [6.07, 6.45) is 4.75. The number of carbonyl (C=O) groups is 1. The van der Waals surface area contributed by atoms with E-state index in [0.29, 0.717) is 19.4 Å². The molecule has 0 bridgehead atoms. The molecular formula is C14H21NO2S. The molecule has 1 amide bonds. The van der Waals surface area contributed by atoms with Crippen molar-refractivity contribution in [3.8, 4) is 0 Å². The number of hydrogen-bond donors (Lipinski definition) is 2. The van der Waals surface area contributed by atoms with Crippen LogP contribution < -0.4 is 5.32 Å². The minimum Gasteiger partial charge on any atom is -0.388 e. The number of nitrogens with one attached hydrogen (secondary N) is 1. The van der Waals surface area contributed by atoms with Gasteiger partial charge in [-0.3, -0.25) is 4.79 Å². The number of hydrogen-bond acceptors (Lipinski definition) is 3. The average molecular weight is 267 g/mol. The summed E-state index contributed by atoms with van der Waals surface area (Å²) >= 11 is 1.60. The topological polar surface area (TPSA) is 49.3 Å². The zero-order valence-corrected chi connectivity index (χ0v) is 11.9. The van der Waals surface area contributed by atoms with Gasteiger partial charge in [0.2, 0.25) is 0 Å². The largest absolute Gasteiger partial charge is 0.388 e. The summed E-state index contributed by atoms with van der Waals surface area (Å²) in [5.74, 6) is -0.0466. The lowest BCUT2D eigenvalue weighted by Crippen LogP contribution is -2.41. The van der Waals surface area contributed by atoms with Gasteiger partial charge in [-0.05, 0) is 43.7 Å². The van der Waals surface area contributed by atoms with Crippen LogP contribution in [0.25, 0.3) is 0 Å². The van der Waals surface area contributed by atoms with Crippen molar-refractivity contribution in [2.24, 2.45) is 0 Å². The Bertz CT molecular complexity index is 414. The van der Waals surface area contributed by atoms with Crippen LogP contribution in [-0.2, 0) is 12.8 Å². The van der Waals surface area contributed by atoms with Crippen molar-refractivity contribution in [1.29, 1.82) is 0 Å². The van der Waals surface area contributed by atoms with Gasteiger partial charge >= 0.3 is 0 Å². The third kappa shape index (κ3) is 2.75. The number of rotatable bonds is 5. The van der Waals surface area contributed by atoms with Crippen molar-refractivity contribution < 1.29 is 9.90 Å². The first kappa shape index (κ1) is 13.6. The van der Waals surface area contributed by atoms with E-state index in [4.69, 9.17) is 0 Å². The molecular weight excluding hydrogens is 246 g/mol. The molecule has 0 atom stereocenters. The second-order valence-electron chi connectivity index (χ2n) is 5.03. The van der Waals surface area contributed by atoms with Crippen LogP contribution in [-0.4, -0.2) is 23.2 Å². The molecule has 2 rings (SSSR count). The van der Waals surface area contributed by atoms with Crippen LogP contribution >= 0.6 is 11.3 Å². The van der Waals surface area contributed by atoms with Crippen LogP contribution in [0.1, 0.15) is 53.2 Å². The maximum Gasteiger partial charge on any atom is 0.261 e. The van der Waals surface area contributed by atoms with Gasteiger partial charge in [-0.25, -0.2) is 0 Å². The van der Waals surface area contributed by atoms with Crippen molar-refractivity contribution in [3.63, 3.8) is 0 Å². The minimum atomic E-state index is -0.768. The van der Waals surface area contributed by atoms with E-state index >= 15 is 0 Å². The van der Waals surface area contributed by atoms with Gasteiger partial charge in [0.15, 0.2) is 0 Å². The van der Waals surface area contributed by atoms with Crippen molar-refractivity contribution in [1.82, 2.24) is 5.32 Å². The zero-order valence-electron chi connectivity index (χ0n) is 11.1. The number of fused-ring (bicyclic) bond motifs is 1. The van der Waals surface area contributed by atoms with Gasteiger partial charge in [0.25, 0.3) is 5.91 Å². The fraction of sp³-hybridized carbons (Fsp3) is 0.643. The van der Waals surface area contributed by atoms with Gasteiger partial charge in [0, 0.05) is 11.4 Å². The maximum atomic E-state index is 12.0. The molecule has 0 radical (unpaired) electrons. The second-order valence-corrected chi connectivity index (χ2v) is 6.16. The molecule has 0 unspecified atom stereocenters. The first-order valence-corrected chi connectivity index (χ1v) is 7.52. The Kier molecular flexibility index (Phi) is 4.07. The predicted octanol–water partition coefficient (Wildman–Crippen LogP) is 2.52. The molecule has 1 aromatic rings. The van der Waals surface area contributed by atoms with Crippen LogP contribution in [0.2, 0.25) is 0 Å². The normalized spacial score (nSPS) is 14.6. The number of aryl methyl sites for hydroxylation is 2. The molecule has 1 heterocycles. The summed E-state index contributed by atoms with van der Waals surface area (Å²) in [4.78, 5) is 14.2. The SMILES string of the molecule is CCC(O)(CC)CNC(=O)c1cc2c(s1)CCC2. The van der Waals surface area contributed by atoms with E-state index in [-0.39, 0.29) is 5.91 Å². The number of amides is 1. The van der Waals surface area contributed by atoms with E-state index in [2.05, 4.69) is 5.32 Å². The summed E-state index contributed by atoms with van der Waals surface area (Å²) in [6, 6.07) is 2.01. The van der Waals surface area contributed by atoms with Crippen molar-refractivity contribution in [3.05, 3.63) is 21.4 Å². The fourth-order valence-corrected chi connectivity index (χ4v) is 3.44. The predicted molar refractivity (Wildman–Crippen MR) is 74.2 cm³/mol. The van der Waals surface area contributed by atoms with Crippen molar-refractivity contribution >= 4 is 17.2 Å². The van der Waals surface area contributed by atoms with Crippen LogP contribution in [0.4, 0.5) is 0 Å². The summed E-state index contributed by atoms with van der Waals surface area (Å²) in [7, 11) is 0. The van der Waals surface area contributed by atoms with E-state index in [9.17, 15) is 9.90 Å². The molecule has 100 valence electrons. The second kappa shape index (κ2) is 5.41. The van der Waals surface area contributed by atoms with Gasteiger partial charge in [-0.1, -0.05) is 13.8 Å². The Labute approximate surface area is 112 Å². The van der Waals surface area contributed by atoms with Crippen LogP contribution in [0.3, 0.4) is 0 Å². The summed E-state index contributed by atoms with van der Waals surface area (Å²) in [5, 5.41) is 13.0. The molecule has 3 nitrogen and oxygen atoms in total. The molecule has 1 aliphatic rings. The first-order valence-electron chi connectivity index (χ1n) is 6.70. The molecule has 0 aliphatic heterocycles. The van der Waals surface area contributed by atoms with Gasteiger partial charge in [0.05, 0.1) is 10.5 Å². The molecule has 0 saturated heterocycles. The van der Waals surface area contributed by atoms with E-state index in [0.717, 1.165) is 17.7 Å². The van der Waals surface area contributed by atoms with Gasteiger partial charge < -0.3 is 10.4 Å². The zero-order chi connectivity index (χ0) is 13.2. The van der Waals surface area contributed by atoms with Crippen molar-refractivity contribution in [2.45, 2.75) is 51.6 Å². The Morgan fingerprint density at radius 2 is 2.17 bits per heavy atom. The van der Waals surface area contributed by atoms with Gasteiger partial charge in [-0.15, -0.1) is 11.3 Å². The van der Waals surface area contributed by atoms with E-state index in [1.54, 1.807) is 11.3 Å². The molecule has 18 heavy (non-hydrogen) atoms. The van der Waals surface area contributed by atoms with Gasteiger partial charge in [-0.2, -0.15) is 0 Å². The smallest absolute Gasteiger partial charge is 0.261 e. The molecule has 1 aromatic heterocycles. The highest BCUT2D eigenvalue weighted by atomic mass is 32.1. The Morgan fingerprint density at radius 1 is 1.44 bits per heavy atom. The summed E-state index contributed by atoms with van der Waals surface area (Å²) in [5.41, 5.74) is 0.571. The van der Waals surface area contributed by atoms with Gasteiger partial charge in [0.1, 0.15) is 0 Å². The van der Waals surface area contributed by atoms with Crippen LogP contribution in [0, 0.1) is 0 Å². The van der Waals surface area contributed by atoms with E-state index < -0.39 is 5.60 Å². The minimum absolute atomic E-state index is 0.0466. The summed E-state index contributed by atoms with van der Waals surface area (Å²) < 4.78 is 0. The molecule has 1 aliphatic carbocycles. The average Bonchev–Trinajstić information content (AvgIpc) is 2.96. The standard InChI is InChI=1S/C14H21NO2S/c1-3-14(17,4-2)9-15-13(16)12-8-10-6-5-7-11(10)18-12/h8,17H,3-7,9H2,1-2H3,(H,15,16). The Morgan fingerprint density at radius 3 is 2.78 bits per heavy atom. The lowest BCUT2D eigenvalue weighted by atomic mass is 9.98. The van der Waals surface area contributed by atoms with Crippen LogP contribution in [0.5, 0.6) is 0 Å². The molecule has 0 aromatic carbocycles. The number of carbonyl (C=O) groups excluding carboxylic acids is 1. The van der Waals surface area contributed by atoms with Crippen molar-refractivity contribution in [2.75, 3.05) is 6.54 Å². The number of aliphatic hydroxyl groups is 1. The number of thiophene rings is 1. The van der Waals surface area contributed by atoms with E-state index in [1.807, 2.05) is 19.9 Å². The molecule has 4 heteroatoms. The Hall–Kier alpha value is -0.870. The highest BCUT2D eigenvalue weighted by Gasteiger charge is 2.24. The Balaban J connectivity index is 1.95. The van der Waals surface area contributed by atoms with E-state index in [1.165, 1.54) is 16.9 Å². The lowest BCUT2D eigenvalue weighted by Gasteiger charge is -2.25.